The molecule has 2 rings (SSSR count). The number of carbonyl (C=O) groups excluding carboxylic acids is 1. The van der Waals surface area contributed by atoms with Crippen LogP contribution in [0.3, 0.4) is 0 Å². The van der Waals surface area contributed by atoms with E-state index in [0.29, 0.717) is 19.0 Å². The minimum absolute atomic E-state index is 0.296. The summed E-state index contributed by atoms with van der Waals surface area (Å²) < 4.78 is 26.6. The molecule has 1 aromatic rings. The summed E-state index contributed by atoms with van der Waals surface area (Å²) in [5.74, 6) is -0.296. The van der Waals surface area contributed by atoms with Crippen LogP contribution in [0.4, 0.5) is 8.78 Å². The van der Waals surface area contributed by atoms with Gasteiger partial charge in [-0.05, 0) is 33.2 Å². The van der Waals surface area contributed by atoms with E-state index in [1.54, 1.807) is 6.33 Å². The number of nitrogens with zero attached hydrogens (tertiary/aromatic N) is 3. The molecule has 0 aliphatic carbocycles. The number of likely N-dealkylation sites (tertiary alicyclic amines) is 1. The second-order valence-electron chi connectivity index (χ2n) is 6.00. The van der Waals surface area contributed by atoms with Crippen LogP contribution in [0, 0.1) is 0 Å². The van der Waals surface area contributed by atoms with Crippen LogP contribution in [0.15, 0.2) is 12.5 Å². The first kappa shape index (κ1) is 16.9. The summed E-state index contributed by atoms with van der Waals surface area (Å²) in [5, 5.41) is 2.35. The quantitative estimate of drug-likeness (QED) is 0.876. The second kappa shape index (κ2) is 7.67. The minimum atomic E-state index is -2.51. The maximum absolute atomic E-state index is 12.3. The van der Waals surface area contributed by atoms with Crippen LogP contribution in [0.1, 0.15) is 44.8 Å². The second-order valence-corrected chi connectivity index (χ2v) is 6.00. The fraction of sp³-hybridized carbons (Fsp3) is 0.733. The van der Waals surface area contributed by atoms with Gasteiger partial charge >= 0.3 is 0 Å². The number of piperidine rings is 1. The molecule has 124 valence electrons. The zero-order chi connectivity index (χ0) is 16.1. The number of carbonyl (C=O) groups is 1. The van der Waals surface area contributed by atoms with E-state index in [0.717, 1.165) is 25.1 Å². The molecule has 22 heavy (non-hydrogen) atoms. The number of nitrogens with one attached hydrogen (secondary N) is 1. The van der Waals surface area contributed by atoms with Gasteiger partial charge in [0.1, 0.15) is 0 Å². The molecule has 0 unspecified atom stereocenters. The van der Waals surface area contributed by atoms with Gasteiger partial charge < -0.3 is 9.88 Å². The summed E-state index contributed by atoms with van der Waals surface area (Å²) in [6, 6.07) is -0.0311. The van der Waals surface area contributed by atoms with Crippen LogP contribution in [-0.2, 0) is 11.3 Å². The number of aromatic nitrogens is 2. The highest BCUT2D eigenvalue weighted by molar-refractivity contribution is 5.81. The number of hydrogen-bond acceptors (Lipinski definition) is 3. The maximum Gasteiger partial charge on any atom is 0.255 e. The lowest BCUT2D eigenvalue weighted by atomic mass is 10.0. The third kappa shape index (κ3) is 4.25. The molecule has 0 radical (unpaired) electrons. The molecule has 5 nitrogen and oxygen atoms in total. The Labute approximate surface area is 129 Å². The molecule has 1 saturated heterocycles. The van der Waals surface area contributed by atoms with Gasteiger partial charge in [0, 0.05) is 18.8 Å². The Morgan fingerprint density at radius 2 is 2.23 bits per heavy atom. The van der Waals surface area contributed by atoms with Crippen molar-refractivity contribution in [2.24, 2.45) is 0 Å². The van der Waals surface area contributed by atoms with E-state index < -0.39 is 13.0 Å². The van der Waals surface area contributed by atoms with Crippen LogP contribution in [0.5, 0.6) is 0 Å². The Kier molecular flexibility index (Phi) is 5.88. The first-order valence-electron chi connectivity index (χ1n) is 7.79. The normalized spacial score (nSPS) is 19.8. The van der Waals surface area contributed by atoms with Crippen molar-refractivity contribution < 1.29 is 13.6 Å². The van der Waals surface area contributed by atoms with E-state index in [2.05, 4.69) is 33.6 Å². The van der Waals surface area contributed by atoms with Crippen LogP contribution in [0.25, 0.3) is 0 Å². The van der Waals surface area contributed by atoms with Gasteiger partial charge in [0.2, 0.25) is 5.91 Å². The van der Waals surface area contributed by atoms with Gasteiger partial charge in [-0.25, -0.2) is 13.8 Å². The van der Waals surface area contributed by atoms with Gasteiger partial charge in [-0.3, -0.25) is 9.69 Å². The molecule has 0 aromatic carbocycles. The molecule has 1 aliphatic rings. The summed E-state index contributed by atoms with van der Waals surface area (Å²) in [5.41, 5.74) is 1.04. The molecule has 0 saturated carbocycles. The number of imidazole rings is 1. The third-order valence-electron chi connectivity index (χ3n) is 4.01. The molecule has 1 N–H and O–H groups in total. The van der Waals surface area contributed by atoms with Crippen LogP contribution in [0.2, 0.25) is 0 Å². The lowest BCUT2D eigenvalue weighted by Crippen LogP contribution is -2.50. The maximum atomic E-state index is 12.3. The van der Waals surface area contributed by atoms with Gasteiger partial charge in [-0.2, -0.15) is 0 Å². The van der Waals surface area contributed by atoms with E-state index in [4.69, 9.17) is 0 Å². The molecule has 1 amide bonds. The monoisotopic (exact) mass is 314 g/mol. The Morgan fingerprint density at radius 1 is 1.45 bits per heavy atom. The topological polar surface area (TPSA) is 50.2 Å². The van der Waals surface area contributed by atoms with Gasteiger partial charge in [0.15, 0.2) is 0 Å². The highest BCUT2D eigenvalue weighted by Crippen LogP contribution is 2.21. The molecule has 7 heteroatoms. The van der Waals surface area contributed by atoms with E-state index in [-0.39, 0.29) is 11.9 Å². The summed E-state index contributed by atoms with van der Waals surface area (Å²) in [4.78, 5) is 18.4. The molecular weight excluding hydrogens is 290 g/mol. The smallest absolute Gasteiger partial charge is 0.255 e. The summed E-state index contributed by atoms with van der Waals surface area (Å²) in [6.45, 7) is 5.00. The van der Waals surface area contributed by atoms with E-state index in [1.165, 1.54) is 0 Å². The van der Waals surface area contributed by atoms with Gasteiger partial charge in [0.05, 0.1) is 24.6 Å². The van der Waals surface area contributed by atoms with Crippen molar-refractivity contribution in [3.05, 3.63) is 18.2 Å². The van der Waals surface area contributed by atoms with Gasteiger partial charge in [-0.15, -0.1) is 0 Å². The summed E-state index contributed by atoms with van der Waals surface area (Å²) in [7, 11) is 0. The fourth-order valence-electron chi connectivity index (χ4n) is 2.90. The molecule has 1 aliphatic heterocycles. The highest BCUT2D eigenvalue weighted by Gasteiger charge is 2.29. The predicted molar refractivity (Wildman–Crippen MR) is 79.7 cm³/mol. The number of amides is 1. The molecule has 1 atom stereocenters. The van der Waals surface area contributed by atoms with Crippen molar-refractivity contribution in [3.8, 4) is 0 Å². The zero-order valence-electron chi connectivity index (χ0n) is 13.1. The zero-order valence-corrected chi connectivity index (χ0v) is 13.1. The van der Waals surface area contributed by atoms with Crippen LogP contribution in [-0.4, -0.2) is 45.9 Å². The van der Waals surface area contributed by atoms with E-state index in [1.807, 2.05) is 6.20 Å². The van der Waals surface area contributed by atoms with Gasteiger partial charge in [0.25, 0.3) is 6.43 Å². The lowest BCUT2D eigenvalue weighted by molar-refractivity contribution is -0.128. The number of alkyl halides is 2. The van der Waals surface area contributed by atoms with E-state index in [9.17, 15) is 13.6 Å². The van der Waals surface area contributed by atoms with Crippen LogP contribution < -0.4 is 5.32 Å². The van der Waals surface area contributed by atoms with Crippen molar-refractivity contribution in [1.82, 2.24) is 19.8 Å². The van der Waals surface area contributed by atoms with Crippen molar-refractivity contribution in [3.63, 3.8) is 0 Å². The summed E-state index contributed by atoms with van der Waals surface area (Å²) in [6.07, 6.45) is 3.77. The average Bonchev–Trinajstić information content (AvgIpc) is 2.93. The van der Waals surface area contributed by atoms with Crippen molar-refractivity contribution >= 4 is 5.91 Å². The Bertz CT molecular complexity index is 490. The van der Waals surface area contributed by atoms with Crippen LogP contribution >= 0.6 is 0 Å². The lowest BCUT2D eigenvalue weighted by Gasteiger charge is -2.34. The standard InChI is InChI=1S/C15H24F2N4O/c1-11(2)21-10-18-7-12(21)9-20-6-4-3-5-13(20)15(22)19-8-14(16)17/h7,10-11,13-14H,3-6,8-9H2,1-2H3,(H,19,22)/t13-/m0/s1. The third-order valence-corrected chi connectivity index (χ3v) is 4.01. The SMILES string of the molecule is CC(C)n1cncc1CN1CCCC[C@H]1C(=O)NCC(F)F. The first-order valence-corrected chi connectivity index (χ1v) is 7.79. The predicted octanol–water partition coefficient (Wildman–Crippen LogP) is 2.20. The summed E-state index contributed by atoms with van der Waals surface area (Å²) >= 11 is 0. The molecule has 0 spiro atoms. The molecule has 1 fully saturated rings. The number of rotatable bonds is 6. The number of halogens is 2. The Hall–Kier alpha value is -1.50. The Morgan fingerprint density at radius 3 is 2.91 bits per heavy atom. The molecule has 2 heterocycles. The van der Waals surface area contributed by atoms with Crippen molar-refractivity contribution in [2.75, 3.05) is 13.1 Å². The molecular formula is C15H24F2N4O. The van der Waals surface area contributed by atoms with Gasteiger partial charge in [-0.1, -0.05) is 6.42 Å². The highest BCUT2D eigenvalue weighted by atomic mass is 19.3. The van der Waals surface area contributed by atoms with Crippen molar-refractivity contribution in [2.45, 2.75) is 58.2 Å². The van der Waals surface area contributed by atoms with Crippen molar-refractivity contribution in [1.29, 1.82) is 0 Å². The fourth-order valence-corrected chi connectivity index (χ4v) is 2.90. The molecule has 0 bridgehead atoms. The Balaban J connectivity index is 2.03. The average molecular weight is 314 g/mol. The number of hydrogen-bond donors (Lipinski definition) is 1. The largest absolute Gasteiger partial charge is 0.349 e. The molecule has 1 aromatic heterocycles. The van der Waals surface area contributed by atoms with E-state index >= 15 is 0 Å². The minimum Gasteiger partial charge on any atom is -0.349 e. The first-order chi connectivity index (χ1) is 10.5.